The molecule has 1 aliphatic rings. The topological polar surface area (TPSA) is 75.3 Å². The predicted molar refractivity (Wildman–Crippen MR) is 94.1 cm³/mol. The second-order valence-electron chi connectivity index (χ2n) is 6.26. The number of hydrogen-bond acceptors (Lipinski definition) is 3. The van der Waals surface area contributed by atoms with Gasteiger partial charge in [-0.2, -0.15) is 13.2 Å². The number of aryl methyl sites for hydroxylation is 2. The Hall–Kier alpha value is -2.55. The van der Waals surface area contributed by atoms with Crippen molar-refractivity contribution in [3.8, 4) is 0 Å². The number of nitrogens with one attached hydrogen (secondary N) is 2. The molecule has 0 spiro atoms. The van der Waals surface area contributed by atoms with Crippen LogP contribution in [0.1, 0.15) is 27.9 Å². The molecule has 0 radical (unpaired) electrons. The van der Waals surface area contributed by atoms with E-state index >= 15 is 0 Å². The molecule has 27 heavy (non-hydrogen) atoms. The highest BCUT2D eigenvalue weighted by molar-refractivity contribution is 7.92. The summed E-state index contributed by atoms with van der Waals surface area (Å²) < 4.78 is 63.9. The summed E-state index contributed by atoms with van der Waals surface area (Å²) in [5.74, 6) is -0.928. The standard InChI is InChI=1S/C18H17F3N2O3S/c19-18(20,21)11-22-17(24)13-5-8-16(9-6-13)27(25,26)23-15-7-4-12-2-1-3-14(12)10-15/h4-10,23H,1-3,11H2,(H,22,24). The lowest BCUT2D eigenvalue weighted by atomic mass is 10.1. The van der Waals surface area contributed by atoms with Gasteiger partial charge in [0.25, 0.3) is 15.9 Å². The lowest BCUT2D eigenvalue weighted by molar-refractivity contribution is -0.123. The first kappa shape index (κ1) is 19.2. The van der Waals surface area contributed by atoms with Crippen LogP contribution in [0.2, 0.25) is 0 Å². The van der Waals surface area contributed by atoms with Crippen molar-refractivity contribution in [2.75, 3.05) is 11.3 Å². The summed E-state index contributed by atoms with van der Waals surface area (Å²) >= 11 is 0. The van der Waals surface area contributed by atoms with E-state index in [0.29, 0.717) is 5.69 Å². The minimum Gasteiger partial charge on any atom is -0.343 e. The molecule has 0 heterocycles. The van der Waals surface area contributed by atoms with Gasteiger partial charge >= 0.3 is 6.18 Å². The summed E-state index contributed by atoms with van der Waals surface area (Å²) in [6.45, 7) is -1.45. The second kappa shape index (κ2) is 7.22. The maximum atomic E-state index is 12.5. The third-order valence-electron chi connectivity index (χ3n) is 4.23. The fraction of sp³-hybridized carbons (Fsp3) is 0.278. The maximum Gasteiger partial charge on any atom is 0.405 e. The molecule has 1 amide bonds. The van der Waals surface area contributed by atoms with Crippen molar-refractivity contribution in [2.45, 2.75) is 30.3 Å². The van der Waals surface area contributed by atoms with Crippen molar-refractivity contribution in [1.82, 2.24) is 5.32 Å². The minimum atomic E-state index is -4.52. The number of rotatable bonds is 5. The van der Waals surface area contributed by atoms with Crippen LogP contribution in [0, 0.1) is 0 Å². The molecule has 144 valence electrons. The summed E-state index contributed by atoms with van der Waals surface area (Å²) in [5, 5.41) is 1.73. The summed E-state index contributed by atoms with van der Waals surface area (Å²) in [7, 11) is -3.87. The van der Waals surface area contributed by atoms with Gasteiger partial charge in [-0.15, -0.1) is 0 Å². The number of carbonyl (C=O) groups is 1. The van der Waals surface area contributed by atoms with Gasteiger partial charge in [0, 0.05) is 11.3 Å². The molecule has 0 aromatic heterocycles. The molecule has 0 atom stereocenters. The van der Waals surface area contributed by atoms with Gasteiger partial charge in [0.15, 0.2) is 0 Å². The van der Waals surface area contributed by atoms with Crippen molar-refractivity contribution < 1.29 is 26.4 Å². The summed E-state index contributed by atoms with van der Waals surface area (Å²) in [6, 6.07) is 10.1. The number of alkyl halides is 3. The van der Waals surface area contributed by atoms with Gasteiger partial charge in [-0.05, 0) is 66.8 Å². The fourth-order valence-electron chi connectivity index (χ4n) is 2.92. The van der Waals surface area contributed by atoms with Gasteiger partial charge in [-0.25, -0.2) is 8.42 Å². The monoisotopic (exact) mass is 398 g/mol. The zero-order valence-corrected chi connectivity index (χ0v) is 15.0. The Morgan fingerprint density at radius 3 is 2.33 bits per heavy atom. The molecule has 0 unspecified atom stereocenters. The van der Waals surface area contributed by atoms with Crippen molar-refractivity contribution in [1.29, 1.82) is 0 Å². The normalized spacial score (nSPS) is 13.9. The molecule has 2 N–H and O–H groups in total. The molecular weight excluding hydrogens is 381 g/mol. The average Bonchev–Trinajstić information content (AvgIpc) is 3.06. The Morgan fingerprint density at radius 2 is 1.67 bits per heavy atom. The van der Waals surface area contributed by atoms with E-state index in [1.165, 1.54) is 29.8 Å². The van der Waals surface area contributed by atoms with E-state index in [1.807, 2.05) is 6.07 Å². The van der Waals surface area contributed by atoms with Crippen LogP contribution in [0.25, 0.3) is 0 Å². The smallest absolute Gasteiger partial charge is 0.343 e. The van der Waals surface area contributed by atoms with Crippen molar-refractivity contribution in [2.24, 2.45) is 0 Å². The Bertz CT molecular complexity index is 955. The molecule has 0 saturated heterocycles. The Kier molecular flexibility index (Phi) is 5.14. The number of hydrogen-bond donors (Lipinski definition) is 2. The molecule has 2 aromatic rings. The zero-order chi connectivity index (χ0) is 19.7. The van der Waals surface area contributed by atoms with E-state index in [-0.39, 0.29) is 10.5 Å². The largest absolute Gasteiger partial charge is 0.405 e. The average molecular weight is 398 g/mol. The Balaban J connectivity index is 1.71. The first-order chi connectivity index (χ1) is 12.6. The van der Waals surface area contributed by atoms with E-state index < -0.39 is 28.7 Å². The SMILES string of the molecule is O=C(NCC(F)(F)F)c1ccc(S(=O)(=O)Nc2ccc3c(c2)CCC3)cc1. The van der Waals surface area contributed by atoms with Crippen molar-refractivity contribution >= 4 is 21.6 Å². The van der Waals surface area contributed by atoms with E-state index in [4.69, 9.17) is 0 Å². The van der Waals surface area contributed by atoms with Crippen LogP contribution in [-0.4, -0.2) is 27.0 Å². The molecule has 9 heteroatoms. The number of halogens is 3. The van der Waals surface area contributed by atoms with Crippen LogP contribution in [0.4, 0.5) is 18.9 Å². The second-order valence-corrected chi connectivity index (χ2v) is 7.95. The number of fused-ring (bicyclic) bond motifs is 1. The fourth-order valence-corrected chi connectivity index (χ4v) is 3.97. The van der Waals surface area contributed by atoms with Gasteiger partial charge in [0.2, 0.25) is 0 Å². The predicted octanol–water partition coefficient (Wildman–Crippen LogP) is 3.27. The van der Waals surface area contributed by atoms with Gasteiger partial charge in [-0.3, -0.25) is 9.52 Å². The molecule has 0 bridgehead atoms. The molecule has 0 aliphatic heterocycles. The molecular formula is C18H17F3N2O3S. The van der Waals surface area contributed by atoms with Gasteiger partial charge < -0.3 is 5.32 Å². The number of benzene rings is 2. The molecule has 3 rings (SSSR count). The quantitative estimate of drug-likeness (QED) is 0.812. The molecule has 1 aliphatic carbocycles. The molecule has 5 nitrogen and oxygen atoms in total. The van der Waals surface area contributed by atoms with Crippen LogP contribution >= 0.6 is 0 Å². The maximum absolute atomic E-state index is 12.5. The lowest BCUT2D eigenvalue weighted by Crippen LogP contribution is -2.33. The zero-order valence-electron chi connectivity index (χ0n) is 14.1. The Labute approximate surface area is 154 Å². The first-order valence-electron chi connectivity index (χ1n) is 8.24. The summed E-state index contributed by atoms with van der Waals surface area (Å²) in [6.07, 6.45) is -1.57. The summed E-state index contributed by atoms with van der Waals surface area (Å²) in [5.41, 5.74) is 2.72. The number of amides is 1. The molecule has 2 aromatic carbocycles. The third kappa shape index (κ3) is 4.79. The Morgan fingerprint density at radius 1 is 1.00 bits per heavy atom. The lowest BCUT2D eigenvalue weighted by Gasteiger charge is -2.11. The van der Waals surface area contributed by atoms with Crippen molar-refractivity contribution in [3.05, 3.63) is 59.2 Å². The van der Waals surface area contributed by atoms with E-state index in [1.54, 1.807) is 17.4 Å². The van der Waals surface area contributed by atoms with Crippen molar-refractivity contribution in [3.63, 3.8) is 0 Å². The van der Waals surface area contributed by atoms with E-state index in [9.17, 15) is 26.4 Å². The van der Waals surface area contributed by atoms with Crippen LogP contribution in [-0.2, 0) is 22.9 Å². The van der Waals surface area contributed by atoms with Gasteiger partial charge in [0.05, 0.1) is 4.90 Å². The number of carbonyl (C=O) groups excluding carboxylic acids is 1. The number of sulfonamides is 1. The molecule has 0 fully saturated rings. The van der Waals surface area contributed by atoms with Crippen LogP contribution in [0.5, 0.6) is 0 Å². The summed E-state index contributed by atoms with van der Waals surface area (Å²) in [4.78, 5) is 11.6. The van der Waals surface area contributed by atoms with Crippen LogP contribution in [0.3, 0.4) is 0 Å². The molecule has 0 saturated carbocycles. The third-order valence-corrected chi connectivity index (χ3v) is 5.62. The highest BCUT2D eigenvalue weighted by Crippen LogP contribution is 2.26. The van der Waals surface area contributed by atoms with Gasteiger partial charge in [0.1, 0.15) is 6.54 Å². The number of anilines is 1. The highest BCUT2D eigenvalue weighted by atomic mass is 32.2. The van der Waals surface area contributed by atoms with Gasteiger partial charge in [-0.1, -0.05) is 6.07 Å². The van der Waals surface area contributed by atoms with Crippen LogP contribution < -0.4 is 10.0 Å². The van der Waals surface area contributed by atoms with E-state index in [2.05, 4.69) is 4.72 Å². The van der Waals surface area contributed by atoms with Crippen LogP contribution in [0.15, 0.2) is 47.4 Å². The first-order valence-corrected chi connectivity index (χ1v) is 9.72. The van der Waals surface area contributed by atoms with E-state index in [0.717, 1.165) is 24.8 Å². The minimum absolute atomic E-state index is 0.0595. The highest BCUT2D eigenvalue weighted by Gasteiger charge is 2.28.